The molecule has 6 nitrogen and oxygen atoms in total. The van der Waals surface area contributed by atoms with E-state index in [4.69, 9.17) is 10.5 Å². The van der Waals surface area contributed by atoms with Crippen molar-refractivity contribution in [2.75, 3.05) is 12.8 Å². The molecular formula is C14H12FN5O. The highest BCUT2D eigenvalue weighted by Gasteiger charge is 2.15. The van der Waals surface area contributed by atoms with Crippen LogP contribution in [-0.2, 0) is 0 Å². The van der Waals surface area contributed by atoms with Crippen LogP contribution in [0.25, 0.3) is 17.1 Å². The van der Waals surface area contributed by atoms with Crippen molar-refractivity contribution in [3.8, 4) is 22.8 Å². The predicted molar refractivity (Wildman–Crippen MR) is 75.5 cm³/mol. The number of nitrogens with two attached hydrogens (primary N) is 1. The molecule has 2 N–H and O–H groups in total. The molecule has 0 atom stereocenters. The van der Waals surface area contributed by atoms with Crippen LogP contribution in [-0.4, -0.2) is 27.3 Å². The monoisotopic (exact) mass is 285 g/mol. The number of nitrogens with zero attached hydrogens (tertiary/aromatic N) is 4. The van der Waals surface area contributed by atoms with Crippen molar-refractivity contribution in [3.63, 3.8) is 0 Å². The molecule has 7 heteroatoms. The number of hydrogen-bond donors (Lipinski definition) is 1. The molecule has 0 radical (unpaired) electrons. The fourth-order valence-corrected chi connectivity index (χ4v) is 1.99. The first kappa shape index (κ1) is 13.0. The molecule has 0 saturated heterocycles. The van der Waals surface area contributed by atoms with Crippen LogP contribution in [0.1, 0.15) is 0 Å². The van der Waals surface area contributed by atoms with E-state index < -0.39 is 5.82 Å². The van der Waals surface area contributed by atoms with Crippen molar-refractivity contribution < 1.29 is 9.13 Å². The number of nitrogen functional groups attached to an aromatic ring is 1. The number of halogens is 1. The Morgan fingerprint density at radius 3 is 2.62 bits per heavy atom. The Bertz CT molecular complexity index is 769. The topological polar surface area (TPSA) is 78.8 Å². The van der Waals surface area contributed by atoms with Gasteiger partial charge in [0.1, 0.15) is 17.3 Å². The maximum atomic E-state index is 13.3. The summed E-state index contributed by atoms with van der Waals surface area (Å²) >= 11 is 0. The molecule has 3 rings (SSSR count). The van der Waals surface area contributed by atoms with Gasteiger partial charge in [-0.15, -0.1) is 5.10 Å². The Morgan fingerprint density at radius 2 is 1.90 bits per heavy atom. The predicted octanol–water partition coefficient (Wildman–Crippen LogP) is 2.06. The first-order valence-corrected chi connectivity index (χ1v) is 6.17. The van der Waals surface area contributed by atoms with E-state index in [0.717, 1.165) is 5.56 Å². The molecular weight excluding hydrogens is 273 g/mol. The van der Waals surface area contributed by atoms with E-state index in [0.29, 0.717) is 22.9 Å². The number of ether oxygens (including phenoxy) is 1. The molecule has 106 valence electrons. The van der Waals surface area contributed by atoms with Crippen LogP contribution < -0.4 is 10.5 Å². The first-order valence-electron chi connectivity index (χ1n) is 6.17. The molecule has 2 aromatic carbocycles. The normalized spacial score (nSPS) is 10.6. The van der Waals surface area contributed by atoms with Crippen LogP contribution >= 0.6 is 0 Å². The second kappa shape index (κ2) is 5.20. The summed E-state index contributed by atoms with van der Waals surface area (Å²) in [6.07, 6.45) is 0. The maximum Gasteiger partial charge on any atom is 0.187 e. The van der Waals surface area contributed by atoms with Gasteiger partial charge >= 0.3 is 0 Å². The molecule has 3 aromatic rings. The maximum absolute atomic E-state index is 13.3. The fourth-order valence-electron chi connectivity index (χ4n) is 1.99. The summed E-state index contributed by atoms with van der Waals surface area (Å²) in [6.45, 7) is 0. The van der Waals surface area contributed by atoms with E-state index in [9.17, 15) is 4.39 Å². The summed E-state index contributed by atoms with van der Waals surface area (Å²) in [5.41, 5.74) is 7.67. The molecule has 0 aliphatic carbocycles. The average molecular weight is 285 g/mol. The lowest BCUT2D eigenvalue weighted by atomic mass is 10.2. The quantitative estimate of drug-likeness (QED) is 0.745. The summed E-state index contributed by atoms with van der Waals surface area (Å²) in [7, 11) is 1.46. The van der Waals surface area contributed by atoms with Crippen molar-refractivity contribution in [1.82, 2.24) is 20.2 Å². The number of anilines is 1. The number of tetrazole rings is 1. The first-order chi connectivity index (χ1) is 10.2. The van der Waals surface area contributed by atoms with Gasteiger partial charge < -0.3 is 10.5 Å². The lowest BCUT2D eigenvalue weighted by molar-refractivity contribution is 0.408. The Hall–Kier alpha value is -2.96. The highest BCUT2D eigenvalue weighted by Crippen LogP contribution is 2.27. The Balaban J connectivity index is 2.13. The van der Waals surface area contributed by atoms with Crippen LogP contribution in [0.4, 0.5) is 10.1 Å². The van der Waals surface area contributed by atoms with Gasteiger partial charge in [-0.3, -0.25) is 0 Å². The molecule has 1 aromatic heterocycles. The van der Waals surface area contributed by atoms with Gasteiger partial charge in [0.05, 0.1) is 7.11 Å². The number of rotatable bonds is 3. The van der Waals surface area contributed by atoms with Crippen molar-refractivity contribution in [3.05, 3.63) is 48.3 Å². The standard InChI is InChI=1S/C14H12FN5O/c1-21-13-8-10(15)4-7-12(13)20-14(17-18-19-20)9-2-5-11(16)6-3-9/h2-8H,16H2,1H3. The second-order valence-corrected chi connectivity index (χ2v) is 4.35. The third-order valence-electron chi connectivity index (χ3n) is 3.01. The smallest absolute Gasteiger partial charge is 0.187 e. The third-order valence-corrected chi connectivity index (χ3v) is 3.01. The minimum atomic E-state index is -0.391. The molecule has 21 heavy (non-hydrogen) atoms. The van der Waals surface area contributed by atoms with Gasteiger partial charge in [-0.25, -0.2) is 4.39 Å². The van der Waals surface area contributed by atoms with Crippen molar-refractivity contribution in [1.29, 1.82) is 0 Å². The van der Waals surface area contributed by atoms with Gasteiger partial charge in [0, 0.05) is 17.3 Å². The largest absolute Gasteiger partial charge is 0.494 e. The van der Waals surface area contributed by atoms with Crippen molar-refractivity contribution in [2.24, 2.45) is 0 Å². The van der Waals surface area contributed by atoms with Gasteiger partial charge in [0.25, 0.3) is 0 Å². The van der Waals surface area contributed by atoms with E-state index in [1.165, 1.54) is 23.9 Å². The van der Waals surface area contributed by atoms with Crippen LogP contribution in [0.3, 0.4) is 0 Å². The Kier molecular flexibility index (Phi) is 3.23. The SMILES string of the molecule is COc1cc(F)ccc1-n1nnnc1-c1ccc(N)cc1. The zero-order valence-corrected chi connectivity index (χ0v) is 11.2. The zero-order chi connectivity index (χ0) is 14.8. The number of aromatic nitrogens is 4. The molecule has 0 aliphatic rings. The van der Waals surface area contributed by atoms with Crippen LogP contribution in [0.15, 0.2) is 42.5 Å². The van der Waals surface area contributed by atoms with Gasteiger partial charge in [0.15, 0.2) is 5.82 Å². The lowest BCUT2D eigenvalue weighted by Gasteiger charge is -2.09. The minimum absolute atomic E-state index is 0.346. The summed E-state index contributed by atoms with van der Waals surface area (Å²) in [5.74, 6) is 0.469. The highest BCUT2D eigenvalue weighted by molar-refractivity contribution is 5.61. The average Bonchev–Trinajstić information content (AvgIpc) is 2.97. The van der Waals surface area contributed by atoms with Crippen LogP contribution in [0, 0.1) is 5.82 Å². The van der Waals surface area contributed by atoms with E-state index in [1.807, 2.05) is 12.1 Å². The summed E-state index contributed by atoms with van der Waals surface area (Å²) in [6, 6.07) is 11.3. The van der Waals surface area contributed by atoms with E-state index in [1.54, 1.807) is 18.2 Å². The van der Waals surface area contributed by atoms with E-state index in [-0.39, 0.29) is 0 Å². The molecule has 0 saturated carbocycles. The molecule has 0 unspecified atom stereocenters. The molecule has 0 spiro atoms. The minimum Gasteiger partial charge on any atom is -0.494 e. The molecule has 0 amide bonds. The van der Waals surface area contributed by atoms with Crippen molar-refractivity contribution >= 4 is 5.69 Å². The highest BCUT2D eigenvalue weighted by atomic mass is 19.1. The Labute approximate surface area is 120 Å². The molecule has 0 aliphatic heterocycles. The third kappa shape index (κ3) is 2.40. The second-order valence-electron chi connectivity index (χ2n) is 4.35. The van der Waals surface area contributed by atoms with Gasteiger partial charge in [-0.05, 0) is 46.8 Å². The zero-order valence-electron chi connectivity index (χ0n) is 11.2. The molecule has 0 fully saturated rings. The van der Waals surface area contributed by atoms with Gasteiger partial charge in [-0.2, -0.15) is 4.68 Å². The van der Waals surface area contributed by atoms with Gasteiger partial charge in [-0.1, -0.05) is 0 Å². The fraction of sp³-hybridized carbons (Fsp3) is 0.0714. The number of benzene rings is 2. The van der Waals surface area contributed by atoms with E-state index in [2.05, 4.69) is 15.5 Å². The molecule has 1 heterocycles. The Morgan fingerprint density at radius 1 is 1.14 bits per heavy atom. The van der Waals surface area contributed by atoms with Gasteiger partial charge in [0.2, 0.25) is 0 Å². The summed E-state index contributed by atoms with van der Waals surface area (Å²) in [4.78, 5) is 0. The number of methoxy groups -OCH3 is 1. The molecule has 0 bridgehead atoms. The van der Waals surface area contributed by atoms with Crippen molar-refractivity contribution in [2.45, 2.75) is 0 Å². The summed E-state index contributed by atoms with van der Waals surface area (Å²) in [5, 5.41) is 11.6. The summed E-state index contributed by atoms with van der Waals surface area (Å²) < 4.78 is 20.0. The van der Waals surface area contributed by atoms with Crippen LogP contribution in [0.2, 0.25) is 0 Å². The lowest BCUT2D eigenvalue weighted by Crippen LogP contribution is -2.03. The number of hydrogen-bond acceptors (Lipinski definition) is 5. The van der Waals surface area contributed by atoms with Crippen LogP contribution in [0.5, 0.6) is 5.75 Å². The van der Waals surface area contributed by atoms with E-state index >= 15 is 0 Å².